The third-order valence-corrected chi connectivity index (χ3v) is 3.79. The second-order valence-corrected chi connectivity index (χ2v) is 5.26. The standard InChI is InChI=1S/C14H12ClN5/c15-11-6-10(7-16-8-11)13-9-17-14-12(19-4-1-5-19)2-3-18-20(13)14/h2-3,6-9H,1,4-5H2. The van der Waals surface area contributed by atoms with E-state index in [-0.39, 0.29) is 0 Å². The van der Waals surface area contributed by atoms with Crippen LogP contribution in [0.4, 0.5) is 5.69 Å². The van der Waals surface area contributed by atoms with Crippen molar-refractivity contribution in [2.45, 2.75) is 6.42 Å². The van der Waals surface area contributed by atoms with Gasteiger partial charge in [0, 0.05) is 31.0 Å². The predicted octanol–water partition coefficient (Wildman–Crippen LogP) is 2.65. The summed E-state index contributed by atoms with van der Waals surface area (Å²) in [5, 5.41) is 5.01. The Balaban J connectivity index is 1.89. The molecule has 1 aliphatic heterocycles. The molecule has 0 spiro atoms. The summed E-state index contributed by atoms with van der Waals surface area (Å²) >= 11 is 6.01. The van der Waals surface area contributed by atoms with Crippen LogP contribution in [0.1, 0.15) is 6.42 Å². The lowest BCUT2D eigenvalue weighted by molar-refractivity contribution is 0.617. The minimum atomic E-state index is 0.608. The van der Waals surface area contributed by atoms with Crippen molar-refractivity contribution in [3.63, 3.8) is 0 Å². The Morgan fingerprint density at radius 1 is 1.15 bits per heavy atom. The molecule has 20 heavy (non-hydrogen) atoms. The molecule has 100 valence electrons. The molecule has 0 amide bonds. The van der Waals surface area contributed by atoms with Crippen molar-refractivity contribution in [2.24, 2.45) is 0 Å². The van der Waals surface area contributed by atoms with Gasteiger partial charge in [-0.3, -0.25) is 4.98 Å². The van der Waals surface area contributed by atoms with Gasteiger partial charge in [0.25, 0.3) is 0 Å². The van der Waals surface area contributed by atoms with E-state index in [4.69, 9.17) is 11.6 Å². The Morgan fingerprint density at radius 3 is 2.80 bits per heavy atom. The second kappa shape index (κ2) is 4.45. The summed E-state index contributed by atoms with van der Waals surface area (Å²) in [6.45, 7) is 2.17. The minimum Gasteiger partial charge on any atom is -0.368 e. The fourth-order valence-electron chi connectivity index (χ4n) is 2.44. The molecule has 0 atom stereocenters. The van der Waals surface area contributed by atoms with Crippen LogP contribution < -0.4 is 4.90 Å². The Bertz CT molecular complexity index is 778. The third kappa shape index (κ3) is 1.74. The molecule has 0 N–H and O–H groups in total. The molecule has 4 heterocycles. The van der Waals surface area contributed by atoms with Gasteiger partial charge in [-0.1, -0.05) is 11.6 Å². The Hall–Kier alpha value is -2.14. The van der Waals surface area contributed by atoms with Crippen LogP contribution in [0.15, 0.2) is 36.9 Å². The van der Waals surface area contributed by atoms with Crippen LogP contribution in [0.2, 0.25) is 5.02 Å². The number of halogens is 1. The molecule has 5 nitrogen and oxygen atoms in total. The normalized spacial score (nSPS) is 14.6. The van der Waals surface area contributed by atoms with E-state index in [9.17, 15) is 0 Å². The first-order chi connectivity index (χ1) is 9.83. The summed E-state index contributed by atoms with van der Waals surface area (Å²) in [5.74, 6) is 0. The van der Waals surface area contributed by atoms with Crippen molar-refractivity contribution in [3.05, 3.63) is 41.9 Å². The van der Waals surface area contributed by atoms with Gasteiger partial charge in [0.1, 0.15) is 0 Å². The first-order valence-electron chi connectivity index (χ1n) is 6.51. The van der Waals surface area contributed by atoms with Gasteiger partial charge in [0.2, 0.25) is 0 Å². The van der Waals surface area contributed by atoms with Crippen molar-refractivity contribution in [1.82, 2.24) is 19.6 Å². The molecule has 3 aromatic rings. The zero-order valence-electron chi connectivity index (χ0n) is 10.7. The van der Waals surface area contributed by atoms with E-state index in [1.54, 1.807) is 12.4 Å². The third-order valence-electron chi connectivity index (χ3n) is 3.58. The highest BCUT2D eigenvalue weighted by molar-refractivity contribution is 6.30. The van der Waals surface area contributed by atoms with Crippen LogP contribution in [-0.4, -0.2) is 32.7 Å². The lowest BCUT2D eigenvalue weighted by atomic mass is 10.2. The molecule has 0 saturated carbocycles. The molecule has 1 aliphatic rings. The quantitative estimate of drug-likeness (QED) is 0.726. The van der Waals surface area contributed by atoms with Crippen molar-refractivity contribution in [1.29, 1.82) is 0 Å². The zero-order chi connectivity index (χ0) is 13.5. The molecular weight excluding hydrogens is 274 g/mol. The topological polar surface area (TPSA) is 46.3 Å². The van der Waals surface area contributed by atoms with Crippen LogP contribution in [-0.2, 0) is 0 Å². The van der Waals surface area contributed by atoms with Gasteiger partial charge in [0.15, 0.2) is 5.65 Å². The van der Waals surface area contributed by atoms with Gasteiger partial charge in [-0.25, -0.2) is 9.50 Å². The van der Waals surface area contributed by atoms with Crippen LogP contribution in [0.5, 0.6) is 0 Å². The van der Waals surface area contributed by atoms with Crippen molar-refractivity contribution < 1.29 is 0 Å². The number of anilines is 1. The van der Waals surface area contributed by atoms with E-state index in [0.717, 1.165) is 35.7 Å². The monoisotopic (exact) mass is 285 g/mol. The Morgan fingerprint density at radius 2 is 2.05 bits per heavy atom. The van der Waals surface area contributed by atoms with E-state index in [2.05, 4.69) is 20.0 Å². The van der Waals surface area contributed by atoms with E-state index in [0.29, 0.717) is 5.02 Å². The summed E-state index contributed by atoms with van der Waals surface area (Å²) in [5.41, 5.74) is 3.82. The van der Waals surface area contributed by atoms with E-state index in [1.165, 1.54) is 6.42 Å². The molecule has 0 aliphatic carbocycles. The number of imidazole rings is 1. The van der Waals surface area contributed by atoms with Crippen LogP contribution in [0.3, 0.4) is 0 Å². The van der Waals surface area contributed by atoms with Gasteiger partial charge in [-0.05, 0) is 18.6 Å². The highest BCUT2D eigenvalue weighted by Crippen LogP contribution is 2.28. The second-order valence-electron chi connectivity index (χ2n) is 4.83. The molecule has 0 aromatic carbocycles. The number of rotatable bonds is 2. The molecule has 6 heteroatoms. The molecule has 1 saturated heterocycles. The summed E-state index contributed by atoms with van der Waals surface area (Å²) in [6, 6.07) is 3.89. The van der Waals surface area contributed by atoms with Crippen LogP contribution in [0, 0.1) is 0 Å². The Kier molecular flexibility index (Phi) is 2.60. The average molecular weight is 286 g/mol. The van der Waals surface area contributed by atoms with Crippen LogP contribution in [0.25, 0.3) is 16.9 Å². The summed E-state index contributed by atoms with van der Waals surface area (Å²) in [4.78, 5) is 10.9. The molecule has 1 fully saturated rings. The average Bonchev–Trinajstić information content (AvgIpc) is 2.81. The lowest BCUT2D eigenvalue weighted by Crippen LogP contribution is -2.37. The summed E-state index contributed by atoms with van der Waals surface area (Å²) < 4.78 is 1.85. The number of pyridine rings is 1. The van der Waals surface area contributed by atoms with Gasteiger partial charge < -0.3 is 4.90 Å². The predicted molar refractivity (Wildman–Crippen MR) is 78.1 cm³/mol. The Labute approximate surface area is 120 Å². The number of aromatic nitrogens is 4. The molecular formula is C14H12ClN5. The van der Waals surface area contributed by atoms with Gasteiger partial charge >= 0.3 is 0 Å². The van der Waals surface area contributed by atoms with E-state index < -0.39 is 0 Å². The van der Waals surface area contributed by atoms with E-state index >= 15 is 0 Å². The maximum Gasteiger partial charge on any atom is 0.177 e. The van der Waals surface area contributed by atoms with Crippen molar-refractivity contribution in [2.75, 3.05) is 18.0 Å². The zero-order valence-corrected chi connectivity index (χ0v) is 11.5. The number of fused-ring (bicyclic) bond motifs is 1. The smallest absolute Gasteiger partial charge is 0.177 e. The molecule has 0 unspecified atom stereocenters. The largest absolute Gasteiger partial charge is 0.368 e. The van der Waals surface area contributed by atoms with Gasteiger partial charge in [-0.2, -0.15) is 5.10 Å². The molecule has 0 radical (unpaired) electrons. The maximum absolute atomic E-state index is 6.01. The number of hydrogen-bond acceptors (Lipinski definition) is 4. The van der Waals surface area contributed by atoms with E-state index in [1.807, 2.05) is 29.0 Å². The fourth-order valence-corrected chi connectivity index (χ4v) is 2.61. The minimum absolute atomic E-state index is 0.608. The highest BCUT2D eigenvalue weighted by atomic mass is 35.5. The lowest BCUT2D eigenvalue weighted by Gasteiger charge is -2.32. The summed E-state index contributed by atoms with van der Waals surface area (Å²) in [6.07, 6.45) is 8.25. The highest BCUT2D eigenvalue weighted by Gasteiger charge is 2.19. The van der Waals surface area contributed by atoms with Gasteiger partial charge in [-0.15, -0.1) is 0 Å². The fraction of sp³-hybridized carbons (Fsp3) is 0.214. The first-order valence-corrected chi connectivity index (χ1v) is 6.89. The van der Waals surface area contributed by atoms with Crippen LogP contribution >= 0.6 is 11.6 Å². The molecule has 4 rings (SSSR count). The maximum atomic E-state index is 6.01. The number of nitrogens with zero attached hydrogens (tertiary/aromatic N) is 5. The van der Waals surface area contributed by atoms with Gasteiger partial charge in [0.05, 0.1) is 28.8 Å². The molecule has 0 bridgehead atoms. The first kappa shape index (κ1) is 11.7. The van der Waals surface area contributed by atoms with Crippen molar-refractivity contribution in [3.8, 4) is 11.3 Å². The summed E-state index contributed by atoms with van der Waals surface area (Å²) in [7, 11) is 0. The van der Waals surface area contributed by atoms with Crippen molar-refractivity contribution >= 4 is 22.9 Å². The SMILES string of the molecule is Clc1cncc(-c2cnc3c(N4CCC4)ccnn23)c1. The molecule has 3 aromatic heterocycles. The number of hydrogen-bond donors (Lipinski definition) is 0.